The van der Waals surface area contributed by atoms with Crippen LogP contribution < -0.4 is 9.47 Å². The Morgan fingerprint density at radius 1 is 1.17 bits per heavy atom. The van der Waals surface area contributed by atoms with E-state index in [1.807, 2.05) is 17.5 Å². The van der Waals surface area contributed by atoms with Crippen molar-refractivity contribution in [1.29, 1.82) is 0 Å². The van der Waals surface area contributed by atoms with E-state index in [2.05, 4.69) is 10.2 Å². The minimum absolute atomic E-state index is 0.139. The lowest BCUT2D eigenvalue weighted by Crippen LogP contribution is -2.39. The minimum Gasteiger partial charge on any atom is -0.493 e. The summed E-state index contributed by atoms with van der Waals surface area (Å²) in [5, 5.41) is 10.2. The van der Waals surface area contributed by atoms with Gasteiger partial charge in [-0.15, -0.1) is 21.5 Å². The molecule has 29 heavy (non-hydrogen) atoms. The van der Waals surface area contributed by atoms with Crippen LogP contribution in [-0.4, -0.2) is 50.2 Å². The Labute approximate surface area is 173 Å². The first-order chi connectivity index (χ1) is 14.0. The van der Waals surface area contributed by atoms with Gasteiger partial charge in [0.1, 0.15) is 0 Å². The Kier molecular flexibility index (Phi) is 5.57. The highest BCUT2D eigenvalue weighted by molar-refractivity contribution is 7.89. The Hall–Kier alpha value is -2.43. The van der Waals surface area contributed by atoms with Gasteiger partial charge in [-0.25, -0.2) is 8.42 Å². The summed E-state index contributed by atoms with van der Waals surface area (Å²) in [5.74, 6) is 1.66. The Morgan fingerprint density at radius 2 is 2.00 bits per heavy atom. The molecule has 0 amide bonds. The number of methoxy groups -OCH3 is 2. The standard InChI is InChI=1S/C19H21N3O5S2/c1-25-15-8-7-14(11-16(15)26-2)29(23,24)22-9-3-5-13(12-22)18-20-21-19(27-18)17-6-4-10-28-17/h4,6-8,10-11,13H,3,5,9,12H2,1-2H3. The molecule has 1 aliphatic rings. The molecule has 4 rings (SSSR count). The van der Waals surface area contributed by atoms with Crippen LogP contribution in [0.25, 0.3) is 10.8 Å². The molecule has 1 unspecified atom stereocenters. The number of rotatable bonds is 6. The number of hydrogen-bond acceptors (Lipinski definition) is 8. The summed E-state index contributed by atoms with van der Waals surface area (Å²) in [6, 6.07) is 8.44. The van der Waals surface area contributed by atoms with E-state index in [1.165, 1.54) is 42.0 Å². The lowest BCUT2D eigenvalue weighted by atomic mass is 10.00. The second-order valence-electron chi connectivity index (χ2n) is 6.64. The van der Waals surface area contributed by atoms with Gasteiger partial charge in [0.05, 0.1) is 29.9 Å². The molecule has 0 radical (unpaired) electrons. The van der Waals surface area contributed by atoms with Crippen LogP contribution in [0.5, 0.6) is 11.5 Å². The van der Waals surface area contributed by atoms with Crippen molar-refractivity contribution in [3.63, 3.8) is 0 Å². The summed E-state index contributed by atoms with van der Waals surface area (Å²) in [5.41, 5.74) is 0. The fraction of sp³-hybridized carbons (Fsp3) is 0.368. The monoisotopic (exact) mass is 435 g/mol. The molecule has 1 aliphatic heterocycles. The van der Waals surface area contributed by atoms with Crippen molar-refractivity contribution in [2.75, 3.05) is 27.3 Å². The molecule has 8 nitrogen and oxygen atoms in total. The molecule has 1 atom stereocenters. The number of aromatic nitrogens is 2. The van der Waals surface area contributed by atoms with Crippen LogP contribution in [0, 0.1) is 0 Å². The van der Waals surface area contributed by atoms with Crippen LogP contribution in [-0.2, 0) is 10.0 Å². The van der Waals surface area contributed by atoms with Crippen molar-refractivity contribution in [2.45, 2.75) is 23.7 Å². The molecular weight excluding hydrogens is 414 g/mol. The first-order valence-corrected chi connectivity index (χ1v) is 11.4. The van der Waals surface area contributed by atoms with Crippen molar-refractivity contribution in [3.05, 3.63) is 41.6 Å². The highest BCUT2D eigenvalue weighted by Crippen LogP contribution is 2.34. The Balaban J connectivity index is 1.56. The summed E-state index contributed by atoms with van der Waals surface area (Å²) in [7, 11) is -0.699. The van der Waals surface area contributed by atoms with Crippen LogP contribution in [0.15, 0.2) is 45.0 Å². The van der Waals surface area contributed by atoms with Crippen LogP contribution in [0.4, 0.5) is 0 Å². The highest BCUT2D eigenvalue weighted by Gasteiger charge is 2.33. The summed E-state index contributed by atoms with van der Waals surface area (Å²) in [6.07, 6.45) is 1.51. The smallest absolute Gasteiger partial charge is 0.257 e. The Morgan fingerprint density at radius 3 is 2.72 bits per heavy atom. The molecule has 0 spiro atoms. The average Bonchev–Trinajstić information content (AvgIpc) is 3.45. The number of benzene rings is 1. The molecule has 1 aromatic carbocycles. The van der Waals surface area contributed by atoms with E-state index >= 15 is 0 Å². The van der Waals surface area contributed by atoms with Crippen LogP contribution >= 0.6 is 11.3 Å². The molecule has 0 N–H and O–H groups in total. The van der Waals surface area contributed by atoms with Gasteiger partial charge in [-0.2, -0.15) is 4.31 Å². The first kappa shape index (κ1) is 19.9. The third-order valence-electron chi connectivity index (χ3n) is 4.90. The number of piperidine rings is 1. The maximum atomic E-state index is 13.2. The topological polar surface area (TPSA) is 94.8 Å². The zero-order valence-electron chi connectivity index (χ0n) is 16.1. The minimum atomic E-state index is -3.69. The van der Waals surface area contributed by atoms with Gasteiger partial charge >= 0.3 is 0 Å². The van der Waals surface area contributed by atoms with Crippen molar-refractivity contribution in [2.24, 2.45) is 0 Å². The summed E-state index contributed by atoms with van der Waals surface area (Å²) in [4.78, 5) is 1.06. The maximum Gasteiger partial charge on any atom is 0.257 e. The third-order valence-corrected chi connectivity index (χ3v) is 7.62. The molecule has 1 saturated heterocycles. The van der Waals surface area contributed by atoms with Gasteiger partial charge in [-0.05, 0) is 36.4 Å². The van der Waals surface area contributed by atoms with Crippen LogP contribution in [0.2, 0.25) is 0 Å². The molecule has 3 heterocycles. The van der Waals surface area contributed by atoms with Crippen LogP contribution in [0.3, 0.4) is 0 Å². The van der Waals surface area contributed by atoms with Crippen molar-refractivity contribution >= 4 is 21.4 Å². The SMILES string of the molecule is COc1ccc(S(=O)(=O)N2CCCC(c3nnc(-c4cccs4)o3)C2)cc1OC. The molecule has 0 aliphatic carbocycles. The molecular formula is C19H21N3O5S2. The van der Waals surface area contributed by atoms with Gasteiger partial charge in [-0.1, -0.05) is 6.07 Å². The van der Waals surface area contributed by atoms with Gasteiger partial charge in [0.2, 0.25) is 15.9 Å². The largest absolute Gasteiger partial charge is 0.493 e. The normalized spacial score (nSPS) is 17.9. The molecule has 0 saturated carbocycles. The number of nitrogens with zero attached hydrogens (tertiary/aromatic N) is 3. The fourth-order valence-corrected chi connectivity index (χ4v) is 5.57. The lowest BCUT2D eigenvalue weighted by Gasteiger charge is -2.30. The van der Waals surface area contributed by atoms with E-state index in [9.17, 15) is 8.42 Å². The average molecular weight is 436 g/mol. The summed E-state index contributed by atoms with van der Waals surface area (Å²) in [6.45, 7) is 0.738. The molecule has 2 aromatic heterocycles. The lowest BCUT2D eigenvalue weighted by molar-refractivity contribution is 0.286. The zero-order chi connectivity index (χ0) is 20.4. The Bertz CT molecular complexity index is 1080. The van der Waals surface area contributed by atoms with Gasteiger partial charge < -0.3 is 13.9 Å². The second kappa shape index (κ2) is 8.13. The number of hydrogen-bond donors (Lipinski definition) is 0. The maximum absolute atomic E-state index is 13.2. The van der Waals surface area contributed by atoms with E-state index in [-0.39, 0.29) is 10.8 Å². The van der Waals surface area contributed by atoms with E-state index in [1.54, 1.807) is 6.07 Å². The molecule has 3 aromatic rings. The summed E-state index contributed by atoms with van der Waals surface area (Å²) >= 11 is 1.52. The predicted octanol–water partition coefficient (Wildman–Crippen LogP) is 3.38. The van der Waals surface area contributed by atoms with Gasteiger partial charge in [0, 0.05) is 19.2 Å². The van der Waals surface area contributed by atoms with E-state index in [0.29, 0.717) is 42.8 Å². The predicted molar refractivity (Wildman–Crippen MR) is 108 cm³/mol. The molecule has 1 fully saturated rings. The second-order valence-corrected chi connectivity index (χ2v) is 9.53. The van der Waals surface area contributed by atoms with Crippen molar-refractivity contribution in [3.8, 4) is 22.3 Å². The van der Waals surface area contributed by atoms with Gasteiger partial charge in [0.15, 0.2) is 11.5 Å². The quantitative estimate of drug-likeness (QED) is 0.586. The fourth-order valence-electron chi connectivity index (χ4n) is 3.39. The summed E-state index contributed by atoms with van der Waals surface area (Å²) < 4.78 is 44.1. The highest BCUT2D eigenvalue weighted by atomic mass is 32.2. The molecule has 10 heteroatoms. The number of sulfonamides is 1. The molecule has 0 bridgehead atoms. The van der Waals surface area contributed by atoms with Crippen molar-refractivity contribution in [1.82, 2.24) is 14.5 Å². The molecule has 154 valence electrons. The van der Waals surface area contributed by atoms with E-state index in [4.69, 9.17) is 13.9 Å². The van der Waals surface area contributed by atoms with Gasteiger partial charge in [0.25, 0.3) is 5.89 Å². The van der Waals surface area contributed by atoms with E-state index < -0.39 is 10.0 Å². The third kappa shape index (κ3) is 3.87. The van der Waals surface area contributed by atoms with E-state index in [0.717, 1.165) is 11.3 Å². The number of thiophene rings is 1. The first-order valence-electron chi connectivity index (χ1n) is 9.12. The van der Waals surface area contributed by atoms with Crippen molar-refractivity contribution < 1.29 is 22.3 Å². The zero-order valence-corrected chi connectivity index (χ0v) is 17.7. The number of ether oxygens (including phenoxy) is 2. The van der Waals surface area contributed by atoms with Crippen LogP contribution in [0.1, 0.15) is 24.7 Å². The van der Waals surface area contributed by atoms with Gasteiger partial charge in [-0.3, -0.25) is 0 Å².